The molecule has 0 spiro atoms. The zero-order chi connectivity index (χ0) is 17.6. The van der Waals surface area contributed by atoms with Gasteiger partial charge in [0.25, 0.3) is 5.91 Å². The third-order valence-corrected chi connectivity index (χ3v) is 6.46. The van der Waals surface area contributed by atoms with E-state index >= 15 is 0 Å². The Morgan fingerprint density at radius 3 is 2.68 bits per heavy atom. The van der Waals surface area contributed by atoms with Crippen LogP contribution in [0.25, 0.3) is 0 Å². The summed E-state index contributed by atoms with van der Waals surface area (Å²) in [6.45, 7) is 8.61. The van der Waals surface area contributed by atoms with Gasteiger partial charge in [-0.25, -0.2) is 0 Å². The normalized spacial score (nSPS) is 20.0. The number of amides is 1. The lowest BCUT2D eigenvalue weighted by Crippen LogP contribution is -2.39. The summed E-state index contributed by atoms with van der Waals surface area (Å²) in [7, 11) is 0. The van der Waals surface area contributed by atoms with Crippen molar-refractivity contribution in [3.05, 3.63) is 51.4 Å². The van der Waals surface area contributed by atoms with E-state index in [0.29, 0.717) is 6.04 Å². The van der Waals surface area contributed by atoms with Gasteiger partial charge in [-0.15, -0.1) is 11.3 Å². The second-order valence-electron chi connectivity index (χ2n) is 7.17. The number of fused-ring (bicyclic) bond motifs is 3. The maximum absolute atomic E-state index is 12.8. The maximum Gasteiger partial charge on any atom is 0.256 e. The Morgan fingerprint density at radius 2 is 2.00 bits per heavy atom. The molecular formula is C20H25N3OS. The van der Waals surface area contributed by atoms with E-state index in [9.17, 15) is 4.79 Å². The molecule has 25 heavy (non-hydrogen) atoms. The first-order valence-corrected chi connectivity index (χ1v) is 9.93. The first-order valence-electron chi connectivity index (χ1n) is 9.11. The number of benzene rings is 1. The lowest BCUT2D eigenvalue weighted by Gasteiger charge is -2.31. The highest BCUT2D eigenvalue weighted by Crippen LogP contribution is 2.41. The minimum atomic E-state index is -0.146. The van der Waals surface area contributed by atoms with Crippen LogP contribution >= 0.6 is 11.3 Å². The third-order valence-electron chi connectivity index (χ3n) is 5.32. The van der Waals surface area contributed by atoms with Crippen LogP contribution in [0.3, 0.4) is 0 Å². The van der Waals surface area contributed by atoms with E-state index in [2.05, 4.69) is 60.6 Å². The zero-order valence-corrected chi connectivity index (χ0v) is 15.9. The fraction of sp³-hybridized carbons (Fsp3) is 0.450. The predicted octanol–water partition coefficient (Wildman–Crippen LogP) is 3.93. The van der Waals surface area contributed by atoms with Gasteiger partial charge in [0.15, 0.2) is 0 Å². The summed E-state index contributed by atoms with van der Waals surface area (Å²) in [5.41, 5.74) is 4.55. The van der Waals surface area contributed by atoms with E-state index in [-0.39, 0.29) is 12.1 Å². The molecule has 3 heterocycles. The van der Waals surface area contributed by atoms with Crippen LogP contribution in [0.2, 0.25) is 0 Å². The van der Waals surface area contributed by atoms with Crippen molar-refractivity contribution in [2.45, 2.75) is 52.4 Å². The first kappa shape index (κ1) is 16.6. The number of anilines is 1. The highest BCUT2D eigenvalue weighted by atomic mass is 32.1. The molecule has 2 aliphatic rings. The molecule has 1 atom stereocenters. The second-order valence-corrected chi connectivity index (χ2v) is 8.27. The largest absolute Gasteiger partial charge is 0.353 e. The molecule has 0 bridgehead atoms. The molecule has 132 valence electrons. The van der Waals surface area contributed by atoms with Crippen molar-refractivity contribution < 1.29 is 4.79 Å². The van der Waals surface area contributed by atoms with Gasteiger partial charge in [0.1, 0.15) is 11.2 Å². The Hall–Kier alpha value is -1.85. The number of hydrogen-bond donors (Lipinski definition) is 2. The fourth-order valence-electron chi connectivity index (χ4n) is 3.69. The molecule has 4 nitrogen and oxygen atoms in total. The van der Waals surface area contributed by atoms with Gasteiger partial charge in [-0.3, -0.25) is 9.69 Å². The Balaban J connectivity index is 1.62. The van der Waals surface area contributed by atoms with Gasteiger partial charge in [0.05, 0.1) is 5.56 Å². The molecule has 5 heteroatoms. The van der Waals surface area contributed by atoms with E-state index in [1.807, 2.05) is 0 Å². The summed E-state index contributed by atoms with van der Waals surface area (Å²) in [6, 6.07) is 9.03. The maximum atomic E-state index is 12.8. The van der Waals surface area contributed by atoms with Crippen LogP contribution in [0.4, 0.5) is 5.00 Å². The van der Waals surface area contributed by atoms with E-state index < -0.39 is 0 Å². The Labute approximate surface area is 153 Å². The SMILES string of the molecule is CCc1ccc(C2NC(=O)c3c(sc4c3CCN(C(C)C)C4)N2)cc1. The highest BCUT2D eigenvalue weighted by molar-refractivity contribution is 7.16. The number of nitrogens with zero attached hydrogens (tertiary/aromatic N) is 1. The average Bonchev–Trinajstić information content (AvgIpc) is 2.99. The Morgan fingerprint density at radius 1 is 1.24 bits per heavy atom. The molecule has 1 unspecified atom stereocenters. The standard InChI is InChI=1S/C20H25N3OS/c1-4-13-5-7-14(8-6-13)18-21-19(24)17-15-9-10-23(12(2)3)11-16(15)25-20(17)22-18/h5-8,12,18,22H,4,9-11H2,1-3H3,(H,21,24). The summed E-state index contributed by atoms with van der Waals surface area (Å²) in [5.74, 6) is 0.0637. The molecule has 0 saturated carbocycles. The van der Waals surface area contributed by atoms with Crippen molar-refractivity contribution in [2.75, 3.05) is 11.9 Å². The van der Waals surface area contributed by atoms with E-state index in [4.69, 9.17) is 0 Å². The molecule has 1 aromatic carbocycles. The molecule has 0 fully saturated rings. The van der Waals surface area contributed by atoms with Crippen LogP contribution in [-0.2, 0) is 19.4 Å². The molecule has 0 radical (unpaired) electrons. The van der Waals surface area contributed by atoms with Gasteiger partial charge < -0.3 is 10.6 Å². The van der Waals surface area contributed by atoms with Gasteiger partial charge in [-0.1, -0.05) is 31.2 Å². The molecule has 4 rings (SSSR count). The van der Waals surface area contributed by atoms with Gasteiger partial charge in [-0.2, -0.15) is 0 Å². The molecule has 2 aliphatic heterocycles. The third kappa shape index (κ3) is 2.96. The molecule has 2 aromatic rings. The van der Waals surface area contributed by atoms with Crippen LogP contribution in [0.15, 0.2) is 24.3 Å². The Bertz CT molecular complexity index is 794. The van der Waals surface area contributed by atoms with Crippen LogP contribution in [0, 0.1) is 0 Å². The van der Waals surface area contributed by atoms with Gasteiger partial charge >= 0.3 is 0 Å². The summed E-state index contributed by atoms with van der Waals surface area (Å²) in [4.78, 5) is 16.6. The lowest BCUT2D eigenvalue weighted by atomic mass is 9.99. The lowest BCUT2D eigenvalue weighted by molar-refractivity contribution is 0.0934. The van der Waals surface area contributed by atoms with Crippen molar-refractivity contribution in [3.63, 3.8) is 0 Å². The number of hydrogen-bond acceptors (Lipinski definition) is 4. The van der Waals surface area contributed by atoms with Crippen molar-refractivity contribution in [2.24, 2.45) is 0 Å². The fourth-order valence-corrected chi connectivity index (χ4v) is 4.99. The Kier molecular flexibility index (Phi) is 4.29. The van der Waals surface area contributed by atoms with Gasteiger partial charge in [0.2, 0.25) is 0 Å². The second kappa shape index (κ2) is 6.46. The molecule has 2 N–H and O–H groups in total. The first-order chi connectivity index (χ1) is 12.1. The number of carbonyl (C=O) groups excluding carboxylic acids is 1. The minimum Gasteiger partial charge on any atom is -0.353 e. The van der Waals surface area contributed by atoms with Crippen LogP contribution in [0.5, 0.6) is 0 Å². The number of thiophene rings is 1. The molecule has 1 amide bonds. The van der Waals surface area contributed by atoms with Crippen molar-refractivity contribution in [1.82, 2.24) is 10.2 Å². The number of aryl methyl sites for hydroxylation is 1. The number of nitrogens with one attached hydrogen (secondary N) is 2. The smallest absolute Gasteiger partial charge is 0.256 e. The molecule has 0 aliphatic carbocycles. The van der Waals surface area contributed by atoms with Gasteiger partial charge in [0, 0.05) is 24.0 Å². The summed E-state index contributed by atoms with van der Waals surface area (Å²) < 4.78 is 0. The van der Waals surface area contributed by atoms with Crippen molar-refractivity contribution in [3.8, 4) is 0 Å². The van der Waals surface area contributed by atoms with E-state index in [1.165, 1.54) is 16.0 Å². The van der Waals surface area contributed by atoms with Crippen molar-refractivity contribution >= 4 is 22.2 Å². The predicted molar refractivity (Wildman–Crippen MR) is 103 cm³/mol. The summed E-state index contributed by atoms with van der Waals surface area (Å²) >= 11 is 1.76. The van der Waals surface area contributed by atoms with Gasteiger partial charge in [-0.05, 0) is 43.4 Å². The molecule has 1 aromatic heterocycles. The average molecular weight is 356 g/mol. The summed E-state index contributed by atoms with van der Waals surface area (Å²) in [6.07, 6.45) is 1.84. The quantitative estimate of drug-likeness (QED) is 0.877. The summed E-state index contributed by atoms with van der Waals surface area (Å²) in [5, 5.41) is 7.72. The zero-order valence-electron chi connectivity index (χ0n) is 15.1. The van der Waals surface area contributed by atoms with Crippen molar-refractivity contribution in [1.29, 1.82) is 0 Å². The van der Waals surface area contributed by atoms with Crippen LogP contribution < -0.4 is 10.6 Å². The molecular weight excluding hydrogens is 330 g/mol. The topological polar surface area (TPSA) is 44.4 Å². The highest BCUT2D eigenvalue weighted by Gasteiger charge is 2.33. The number of rotatable bonds is 3. The van der Waals surface area contributed by atoms with Crippen LogP contribution in [0.1, 0.15) is 58.9 Å². The van der Waals surface area contributed by atoms with E-state index in [1.54, 1.807) is 11.3 Å². The number of carbonyl (C=O) groups is 1. The van der Waals surface area contributed by atoms with Crippen LogP contribution in [-0.4, -0.2) is 23.4 Å². The van der Waals surface area contributed by atoms with E-state index in [0.717, 1.165) is 42.1 Å². The molecule has 0 saturated heterocycles. The monoisotopic (exact) mass is 355 g/mol. The minimum absolute atomic E-state index is 0.0637.